The molecule has 0 radical (unpaired) electrons. The minimum Gasteiger partial charge on any atom is -0.493 e. The molecule has 0 atom stereocenters. The standard InChI is InChI=1S/C31H34BrN3O3S/c1-37-27-17-21(16-26(32)29(27)38-20-23-11-9-8-10-22(23)19-33)18-28-30(36)35(25-14-6-3-7-15-25)31(39-28)34-24-12-4-2-5-13-24/h8-11,16-18,24-25H,2-7,12-15,20H2,1H3. The van der Waals surface area contributed by atoms with E-state index < -0.39 is 0 Å². The lowest BCUT2D eigenvalue weighted by Gasteiger charge is -2.31. The molecule has 0 bridgehead atoms. The molecule has 2 aromatic carbocycles. The number of rotatable bonds is 7. The highest BCUT2D eigenvalue weighted by molar-refractivity contribution is 9.10. The number of nitrogens with zero attached hydrogens (tertiary/aromatic N) is 3. The zero-order valence-electron chi connectivity index (χ0n) is 22.3. The molecule has 8 heteroatoms. The Kier molecular flexibility index (Phi) is 9.31. The van der Waals surface area contributed by atoms with E-state index in [1.165, 1.54) is 50.3 Å². The van der Waals surface area contributed by atoms with Crippen molar-refractivity contribution in [1.82, 2.24) is 4.90 Å². The van der Waals surface area contributed by atoms with Crippen LogP contribution >= 0.6 is 27.7 Å². The SMILES string of the molecule is COc1cc(C=C2SC(=NC3CCCCC3)N(C3CCCCC3)C2=O)cc(Br)c1OCc1ccccc1C#N. The number of thioether (sulfide) groups is 1. The van der Waals surface area contributed by atoms with E-state index in [1.54, 1.807) is 13.2 Å². The van der Waals surface area contributed by atoms with E-state index in [0.717, 1.165) is 46.5 Å². The molecule has 1 heterocycles. The van der Waals surface area contributed by atoms with Gasteiger partial charge in [-0.15, -0.1) is 0 Å². The van der Waals surface area contributed by atoms with Gasteiger partial charge in [-0.05, 0) is 83.2 Å². The van der Waals surface area contributed by atoms with Gasteiger partial charge in [0.15, 0.2) is 16.7 Å². The molecule has 5 rings (SSSR count). The highest BCUT2D eigenvalue weighted by Crippen LogP contribution is 2.41. The van der Waals surface area contributed by atoms with Gasteiger partial charge in [0.25, 0.3) is 5.91 Å². The van der Waals surface area contributed by atoms with Gasteiger partial charge in [0.05, 0.1) is 34.2 Å². The number of carbonyl (C=O) groups excluding carboxylic acids is 1. The van der Waals surface area contributed by atoms with Gasteiger partial charge < -0.3 is 9.47 Å². The average Bonchev–Trinajstić information content (AvgIpc) is 3.27. The minimum absolute atomic E-state index is 0.0602. The smallest absolute Gasteiger partial charge is 0.266 e. The average molecular weight is 609 g/mol. The predicted molar refractivity (Wildman–Crippen MR) is 160 cm³/mol. The zero-order valence-corrected chi connectivity index (χ0v) is 24.7. The lowest BCUT2D eigenvalue weighted by Crippen LogP contribution is -2.41. The van der Waals surface area contributed by atoms with Crippen LogP contribution < -0.4 is 9.47 Å². The van der Waals surface area contributed by atoms with Gasteiger partial charge >= 0.3 is 0 Å². The van der Waals surface area contributed by atoms with E-state index in [9.17, 15) is 10.1 Å². The van der Waals surface area contributed by atoms with Gasteiger partial charge in [0, 0.05) is 11.6 Å². The van der Waals surface area contributed by atoms with Crippen molar-refractivity contribution in [2.24, 2.45) is 4.99 Å². The number of hydrogen-bond acceptors (Lipinski definition) is 6. The van der Waals surface area contributed by atoms with Gasteiger partial charge in [-0.1, -0.05) is 56.7 Å². The molecule has 1 amide bonds. The third kappa shape index (κ3) is 6.53. The van der Waals surface area contributed by atoms with Crippen molar-refractivity contribution in [1.29, 1.82) is 5.26 Å². The molecule has 3 fully saturated rings. The predicted octanol–water partition coefficient (Wildman–Crippen LogP) is 7.85. The van der Waals surface area contributed by atoms with Crippen LogP contribution in [0.5, 0.6) is 11.5 Å². The van der Waals surface area contributed by atoms with Crippen LogP contribution in [0, 0.1) is 11.3 Å². The summed E-state index contributed by atoms with van der Waals surface area (Å²) < 4.78 is 12.5. The van der Waals surface area contributed by atoms with E-state index in [4.69, 9.17) is 14.5 Å². The molecule has 39 heavy (non-hydrogen) atoms. The molecule has 2 saturated carbocycles. The zero-order chi connectivity index (χ0) is 27.2. The number of amides is 1. The highest BCUT2D eigenvalue weighted by atomic mass is 79.9. The molecule has 3 aliphatic rings. The van der Waals surface area contributed by atoms with Crippen LogP contribution in [0.4, 0.5) is 0 Å². The summed E-state index contributed by atoms with van der Waals surface area (Å²) in [6, 6.07) is 14.0. The Hall–Kier alpha value is -2.76. The van der Waals surface area contributed by atoms with Gasteiger partial charge in [0.1, 0.15) is 6.61 Å². The molecule has 0 spiro atoms. The first-order chi connectivity index (χ1) is 19.1. The van der Waals surface area contributed by atoms with Crippen molar-refractivity contribution in [2.45, 2.75) is 82.9 Å². The van der Waals surface area contributed by atoms with Crippen LogP contribution in [0.25, 0.3) is 6.08 Å². The maximum atomic E-state index is 13.7. The Morgan fingerprint density at radius 3 is 2.54 bits per heavy atom. The van der Waals surface area contributed by atoms with Gasteiger partial charge in [-0.25, -0.2) is 0 Å². The fourth-order valence-electron chi connectivity index (χ4n) is 5.62. The largest absolute Gasteiger partial charge is 0.493 e. The lowest BCUT2D eigenvalue weighted by molar-refractivity contribution is -0.124. The molecular formula is C31H34BrN3O3S. The summed E-state index contributed by atoms with van der Waals surface area (Å²) in [4.78, 5) is 21.6. The maximum Gasteiger partial charge on any atom is 0.266 e. The molecule has 204 valence electrons. The third-order valence-electron chi connectivity index (χ3n) is 7.70. The van der Waals surface area contributed by atoms with E-state index in [0.29, 0.717) is 28.0 Å². The van der Waals surface area contributed by atoms with Crippen LogP contribution in [0.1, 0.15) is 80.9 Å². The van der Waals surface area contributed by atoms with Crippen LogP contribution in [0.3, 0.4) is 0 Å². The topological polar surface area (TPSA) is 74.9 Å². The fraction of sp³-hybridized carbons (Fsp3) is 0.452. The first kappa shape index (κ1) is 27.8. The summed E-state index contributed by atoms with van der Waals surface area (Å²) in [5.74, 6) is 1.17. The normalized spacial score (nSPS) is 20.9. The van der Waals surface area contributed by atoms with Crippen molar-refractivity contribution in [3.8, 4) is 17.6 Å². The molecule has 1 saturated heterocycles. The number of benzene rings is 2. The van der Waals surface area contributed by atoms with Crippen molar-refractivity contribution < 1.29 is 14.3 Å². The minimum atomic E-state index is 0.0602. The second-order valence-electron chi connectivity index (χ2n) is 10.4. The van der Waals surface area contributed by atoms with Gasteiger partial charge in [0.2, 0.25) is 0 Å². The third-order valence-corrected chi connectivity index (χ3v) is 9.29. The Morgan fingerprint density at radius 1 is 1.10 bits per heavy atom. The van der Waals surface area contributed by atoms with Crippen molar-refractivity contribution >= 4 is 44.8 Å². The van der Waals surface area contributed by atoms with E-state index in [-0.39, 0.29) is 18.6 Å². The molecule has 1 aliphatic heterocycles. The Balaban J connectivity index is 1.40. The summed E-state index contributed by atoms with van der Waals surface area (Å²) in [5.41, 5.74) is 2.24. The van der Waals surface area contributed by atoms with Gasteiger partial charge in [-0.2, -0.15) is 5.26 Å². The molecule has 2 aromatic rings. The summed E-state index contributed by atoms with van der Waals surface area (Å²) in [6.45, 7) is 0.241. The number of carbonyl (C=O) groups is 1. The number of amidine groups is 1. The van der Waals surface area contributed by atoms with Gasteiger partial charge in [-0.3, -0.25) is 14.7 Å². The second-order valence-corrected chi connectivity index (χ2v) is 12.2. The summed E-state index contributed by atoms with van der Waals surface area (Å²) in [7, 11) is 1.60. The molecule has 0 aromatic heterocycles. The summed E-state index contributed by atoms with van der Waals surface area (Å²) in [5, 5.41) is 10.3. The Labute approximate surface area is 243 Å². The number of hydrogen-bond donors (Lipinski definition) is 0. The van der Waals surface area contributed by atoms with Crippen molar-refractivity contribution in [2.75, 3.05) is 7.11 Å². The first-order valence-corrected chi connectivity index (χ1v) is 15.5. The van der Waals surface area contributed by atoms with E-state index in [2.05, 4.69) is 22.0 Å². The number of halogens is 1. The molecule has 2 aliphatic carbocycles. The fourth-order valence-corrected chi connectivity index (χ4v) is 7.31. The monoisotopic (exact) mass is 607 g/mol. The van der Waals surface area contributed by atoms with Crippen molar-refractivity contribution in [3.05, 3.63) is 62.5 Å². The van der Waals surface area contributed by atoms with E-state index >= 15 is 0 Å². The molecule has 0 unspecified atom stereocenters. The second kappa shape index (κ2) is 13.1. The highest BCUT2D eigenvalue weighted by Gasteiger charge is 2.39. The molecular weight excluding hydrogens is 574 g/mol. The number of ether oxygens (including phenoxy) is 2. The molecule has 6 nitrogen and oxygen atoms in total. The van der Waals surface area contributed by atoms with E-state index in [1.807, 2.05) is 41.3 Å². The molecule has 0 N–H and O–H groups in total. The number of aliphatic imine (C=N–C) groups is 1. The van der Waals surface area contributed by atoms with Crippen molar-refractivity contribution in [3.63, 3.8) is 0 Å². The van der Waals surface area contributed by atoms with Crippen LogP contribution in [0.2, 0.25) is 0 Å². The summed E-state index contributed by atoms with van der Waals surface area (Å²) >= 11 is 5.15. The van der Waals surface area contributed by atoms with Crippen LogP contribution in [-0.4, -0.2) is 35.2 Å². The number of nitriles is 1. The quantitative estimate of drug-likeness (QED) is 0.300. The Bertz CT molecular complexity index is 1310. The van der Waals surface area contributed by atoms with Crippen LogP contribution in [0.15, 0.2) is 50.8 Å². The first-order valence-electron chi connectivity index (χ1n) is 13.9. The maximum absolute atomic E-state index is 13.7. The van der Waals surface area contributed by atoms with Crippen LogP contribution in [-0.2, 0) is 11.4 Å². The lowest BCUT2D eigenvalue weighted by atomic mass is 9.94. The summed E-state index contributed by atoms with van der Waals surface area (Å²) in [6.07, 6.45) is 13.5. The number of methoxy groups -OCH3 is 1. The Morgan fingerprint density at radius 2 is 1.82 bits per heavy atom.